The molecule has 8 heteroatoms. The van der Waals surface area contributed by atoms with Crippen LogP contribution in [-0.2, 0) is 4.79 Å². The lowest BCUT2D eigenvalue weighted by molar-refractivity contribution is -0.385. The van der Waals surface area contributed by atoms with E-state index in [9.17, 15) is 19.7 Å². The summed E-state index contributed by atoms with van der Waals surface area (Å²) in [6.45, 7) is 0.593. The van der Waals surface area contributed by atoms with E-state index in [1.807, 2.05) is 0 Å². The quantitative estimate of drug-likeness (QED) is 0.674. The Hall–Kier alpha value is -2.15. The van der Waals surface area contributed by atoms with Crippen LogP contribution in [0, 0.1) is 16.0 Å². The molecule has 1 aromatic carbocycles. The van der Waals surface area contributed by atoms with Gasteiger partial charge in [0.05, 0.1) is 11.3 Å². The second-order valence-corrected chi connectivity index (χ2v) is 5.03. The van der Waals surface area contributed by atoms with Crippen LogP contribution in [0.5, 0.6) is 0 Å². The number of carboxylic acids is 1. The normalized spacial score (nSPS) is 14.8. The van der Waals surface area contributed by atoms with Gasteiger partial charge in [-0.1, -0.05) is 11.6 Å². The Labute approximate surface area is 118 Å². The van der Waals surface area contributed by atoms with Crippen LogP contribution in [0.15, 0.2) is 18.2 Å². The van der Waals surface area contributed by atoms with Crippen molar-refractivity contribution in [2.45, 2.75) is 6.42 Å². The van der Waals surface area contributed by atoms with Crippen molar-refractivity contribution in [1.82, 2.24) is 4.90 Å². The third-order valence-corrected chi connectivity index (χ3v) is 3.33. The van der Waals surface area contributed by atoms with Crippen LogP contribution in [-0.4, -0.2) is 39.9 Å². The standard InChI is InChI=1S/C12H11ClN2O5/c13-8-1-2-9(10(4-8)15(19)20)12(18)14-5-7(6-14)3-11(16)17/h1-2,4,7H,3,5-6H2,(H,16,17). The molecule has 0 saturated carbocycles. The Morgan fingerprint density at radius 3 is 2.65 bits per heavy atom. The van der Waals surface area contributed by atoms with E-state index in [-0.39, 0.29) is 28.6 Å². The van der Waals surface area contributed by atoms with Gasteiger partial charge in [0, 0.05) is 30.1 Å². The minimum absolute atomic E-state index is 0.00745. The average molecular weight is 299 g/mol. The monoisotopic (exact) mass is 298 g/mol. The Bertz CT molecular complexity index is 583. The van der Waals surface area contributed by atoms with Gasteiger partial charge in [0.25, 0.3) is 11.6 Å². The number of carboxylic acid groups (broad SMARTS) is 1. The minimum Gasteiger partial charge on any atom is -0.481 e. The molecule has 0 aromatic heterocycles. The first kappa shape index (κ1) is 14.3. The summed E-state index contributed by atoms with van der Waals surface area (Å²) >= 11 is 5.68. The molecule has 1 aliphatic rings. The Balaban J connectivity index is 2.11. The van der Waals surface area contributed by atoms with Crippen LogP contribution in [0.3, 0.4) is 0 Å². The average Bonchev–Trinajstić information content (AvgIpc) is 2.32. The number of halogens is 1. The predicted molar refractivity (Wildman–Crippen MR) is 69.8 cm³/mol. The molecular formula is C12H11ClN2O5. The molecule has 1 fully saturated rings. The highest BCUT2D eigenvalue weighted by Crippen LogP contribution is 2.28. The second-order valence-electron chi connectivity index (χ2n) is 4.59. The lowest BCUT2D eigenvalue weighted by Crippen LogP contribution is -2.50. The van der Waals surface area contributed by atoms with Crippen molar-refractivity contribution in [3.63, 3.8) is 0 Å². The van der Waals surface area contributed by atoms with Crippen molar-refractivity contribution in [2.75, 3.05) is 13.1 Å². The number of aliphatic carboxylic acids is 1. The summed E-state index contributed by atoms with van der Waals surface area (Å²) in [5.41, 5.74) is -0.377. The highest BCUT2D eigenvalue weighted by Gasteiger charge is 2.35. The Morgan fingerprint density at radius 1 is 1.45 bits per heavy atom. The van der Waals surface area contributed by atoms with Gasteiger partial charge in [0.2, 0.25) is 0 Å². The molecule has 1 aliphatic heterocycles. The van der Waals surface area contributed by atoms with E-state index in [4.69, 9.17) is 16.7 Å². The third-order valence-electron chi connectivity index (χ3n) is 3.09. The van der Waals surface area contributed by atoms with Gasteiger partial charge in [-0.2, -0.15) is 0 Å². The summed E-state index contributed by atoms with van der Waals surface area (Å²) < 4.78 is 0. The molecule has 0 radical (unpaired) electrons. The van der Waals surface area contributed by atoms with Gasteiger partial charge in [-0.25, -0.2) is 0 Å². The molecule has 0 spiro atoms. The number of nitro groups is 1. The summed E-state index contributed by atoms with van der Waals surface area (Å²) in [7, 11) is 0. The summed E-state index contributed by atoms with van der Waals surface area (Å²) in [5, 5.41) is 19.7. The summed E-state index contributed by atoms with van der Waals surface area (Å²) in [5.74, 6) is -1.49. The first-order valence-electron chi connectivity index (χ1n) is 5.83. The first-order chi connectivity index (χ1) is 9.38. The first-order valence-corrected chi connectivity index (χ1v) is 6.21. The molecule has 0 bridgehead atoms. The van der Waals surface area contributed by atoms with Gasteiger partial charge in [-0.3, -0.25) is 19.7 Å². The maximum Gasteiger partial charge on any atom is 0.303 e. The van der Waals surface area contributed by atoms with Crippen molar-refractivity contribution >= 4 is 29.2 Å². The molecule has 7 nitrogen and oxygen atoms in total. The number of nitro benzene ring substituents is 1. The van der Waals surface area contributed by atoms with Crippen molar-refractivity contribution in [2.24, 2.45) is 5.92 Å². The minimum atomic E-state index is -0.917. The molecule has 1 N–H and O–H groups in total. The van der Waals surface area contributed by atoms with Crippen molar-refractivity contribution in [1.29, 1.82) is 0 Å². The summed E-state index contributed by atoms with van der Waals surface area (Å²) in [4.78, 5) is 34.3. The van der Waals surface area contributed by atoms with Crippen LogP contribution in [0.4, 0.5) is 5.69 Å². The Kier molecular flexibility index (Phi) is 3.89. The fourth-order valence-corrected chi connectivity index (χ4v) is 2.29. The molecule has 0 aliphatic carbocycles. The Morgan fingerprint density at radius 2 is 2.10 bits per heavy atom. The number of hydrogen-bond acceptors (Lipinski definition) is 4. The molecule has 0 atom stereocenters. The highest BCUT2D eigenvalue weighted by atomic mass is 35.5. The predicted octanol–water partition coefficient (Wildman–Crippen LogP) is 1.79. The lowest BCUT2D eigenvalue weighted by Gasteiger charge is -2.38. The van der Waals surface area contributed by atoms with E-state index >= 15 is 0 Å². The zero-order valence-corrected chi connectivity index (χ0v) is 11.0. The number of amides is 1. The number of likely N-dealkylation sites (tertiary alicyclic amines) is 1. The molecule has 20 heavy (non-hydrogen) atoms. The third kappa shape index (κ3) is 2.88. The van der Waals surface area contributed by atoms with Crippen LogP contribution < -0.4 is 0 Å². The van der Waals surface area contributed by atoms with Crippen molar-refractivity contribution < 1.29 is 19.6 Å². The molecule has 106 valence electrons. The molecule has 2 rings (SSSR count). The molecule has 1 aromatic rings. The number of nitrogens with zero attached hydrogens (tertiary/aromatic N) is 2. The number of carbonyl (C=O) groups is 2. The lowest BCUT2D eigenvalue weighted by atomic mass is 9.95. The van der Waals surface area contributed by atoms with Crippen LogP contribution >= 0.6 is 11.6 Å². The number of carbonyl (C=O) groups excluding carboxylic acids is 1. The van der Waals surface area contributed by atoms with Crippen LogP contribution in [0.25, 0.3) is 0 Å². The van der Waals surface area contributed by atoms with Gasteiger partial charge in [0.1, 0.15) is 5.56 Å². The second kappa shape index (κ2) is 5.46. The van der Waals surface area contributed by atoms with E-state index in [1.165, 1.54) is 17.0 Å². The van der Waals surface area contributed by atoms with E-state index in [1.54, 1.807) is 0 Å². The fraction of sp³-hybridized carbons (Fsp3) is 0.333. The maximum atomic E-state index is 12.1. The SMILES string of the molecule is O=C(O)CC1CN(C(=O)c2ccc(Cl)cc2[N+](=O)[O-])C1. The number of hydrogen-bond donors (Lipinski definition) is 1. The topological polar surface area (TPSA) is 101 Å². The molecule has 0 unspecified atom stereocenters. The zero-order chi connectivity index (χ0) is 14.9. The zero-order valence-electron chi connectivity index (χ0n) is 10.3. The number of benzene rings is 1. The van der Waals surface area contributed by atoms with Crippen molar-refractivity contribution in [3.8, 4) is 0 Å². The number of rotatable bonds is 4. The smallest absolute Gasteiger partial charge is 0.303 e. The van der Waals surface area contributed by atoms with Crippen molar-refractivity contribution in [3.05, 3.63) is 38.9 Å². The van der Waals surface area contributed by atoms with E-state index in [2.05, 4.69) is 0 Å². The van der Waals surface area contributed by atoms with Crippen LogP contribution in [0.2, 0.25) is 5.02 Å². The van der Waals surface area contributed by atoms with E-state index < -0.39 is 16.8 Å². The van der Waals surface area contributed by atoms with E-state index in [0.29, 0.717) is 13.1 Å². The van der Waals surface area contributed by atoms with Gasteiger partial charge >= 0.3 is 5.97 Å². The highest BCUT2D eigenvalue weighted by molar-refractivity contribution is 6.31. The van der Waals surface area contributed by atoms with E-state index in [0.717, 1.165) is 6.07 Å². The molecule has 1 saturated heterocycles. The summed E-state index contributed by atoms with van der Waals surface area (Å²) in [6, 6.07) is 3.85. The van der Waals surface area contributed by atoms with Crippen LogP contribution in [0.1, 0.15) is 16.8 Å². The van der Waals surface area contributed by atoms with Gasteiger partial charge in [-0.15, -0.1) is 0 Å². The molecular weight excluding hydrogens is 288 g/mol. The van der Waals surface area contributed by atoms with Gasteiger partial charge in [0.15, 0.2) is 0 Å². The summed E-state index contributed by atoms with van der Waals surface area (Å²) in [6.07, 6.45) is -0.00745. The largest absolute Gasteiger partial charge is 0.481 e. The molecule has 1 amide bonds. The fourth-order valence-electron chi connectivity index (χ4n) is 2.12. The van der Waals surface area contributed by atoms with Gasteiger partial charge in [-0.05, 0) is 12.1 Å². The maximum absolute atomic E-state index is 12.1. The van der Waals surface area contributed by atoms with Gasteiger partial charge < -0.3 is 10.0 Å². The molecule has 1 heterocycles.